The van der Waals surface area contributed by atoms with E-state index in [0.29, 0.717) is 0 Å². The normalized spacial score (nSPS) is 15.8. The van der Waals surface area contributed by atoms with Crippen LogP contribution >= 0.6 is 0 Å². The highest BCUT2D eigenvalue weighted by Gasteiger charge is 2.06. The molecule has 2 nitrogen and oxygen atoms in total. The van der Waals surface area contributed by atoms with Crippen molar-refractivity contribution in [3.8, 4) is 0 Å². The summed E-state index contributed by atoms with van der Waals surface area (Å²) in [5.74, 6) is 0. The van der Waals surface area contributed by atoms with Crippen LogP contribution < -0.4 is 0 Å². The van der Waals surface area contributed by atoms with Crippen LogP contribution in [0.4, 0.5) is 0 Å². The highest BCUT2D eigenvalue weighted by atomic mass is 15.0. The summed E-state index contributed by atoms with van der Waals surface area (Å²) in [7, 11) is 0. The van der Waals surface area contributed by atoms with E-state index in [9.17, 15) is 0 Å². The van der Waals surface area contributed by atoms with E-state index in [1.54, 1.807) is 6.20 Å². The molecule has 0 bridgehead atoms. The third-order valence-electron chi connectivity index (χ3n) is 1.22. The zero-order valence-corrected chi connectivity index (χ0v) is 4.41. The Labute approximate surface area is 47.5 Å². The number of hydrogen-bond donors (Lipinski definition) is 0. The van der Waals surface area contributed by atoms with E-state index in [1.165, 1.54) is 5.70 Å². The third-order valence-corrected chi connectivity index (χ3v) is 1.22. The molecule has 0 unspecified atom stereocenters. The van der Waals surface area contributed by atoms with Crippen LogP contribution in [0.2, 0.25) is 0 Å². The molecule has 0 aromatic carbocycles. The second kappa shape index (κ2) is 1.22. The van der Waals surface area contributed by atoms with E-state index >= 15 is 0 Å². The predicted octanol–water partition coefficient (Wildman–Crippen LogP) is 1.13. The average molecular weight is 106 g/mol. The van der Waals surface area contributed by atoms with Crippen molar-refractivity contribution in [1.82, 2.24) is 9.55 Å². The molecule has 1 aromatic rings. The van der Waals surface area contributed by atoms with Crippen LogP contribution in [0.25, 0.3) is 5.70 Å². The summed E-state index contributed by atoms with van der Waals surface area (Å²) in [5.41, 5.74) is 1.36. The first-order valence-corrected chi connectivity index (χ1v) is 2.64. The first-order chi connectivity index (χ1) is 3.97. The maximum atomic E-state index is 3.91. The molecule has 0 saturated carbocycles. The van der Waals surface area contributed by atoms with Gasteiger partial charge in [-0.3, -0.25) is 0 Å². The van der Waals surface area contributed by atoms with E-state index in [-0.39, 0.29) is 0 Å². The Bertz CT molecular complexity index is 208. The molecule has 0 atom stereocenters. The lowest BCUT2D eigenvalue weighted by Gasteiger charge is -1.86. The SMILES string of the molecule is C1=C(n2ccnc2)C1. The Balaban J connectivity index is 2.41. The molecule has 2 heteroatoms. The second-order valence-corrected chi connectivity index (χ2v) is 1.87. The van der Waals surface area contributed by atoms with Crippen LogP contribution in [-0.2, 0) is 0 Å². The number of aromatic nitrogens is 2. The van der Waals surface area contributed by atoms with Crippen molar-refractivity contribution >= 4 is 5.70 Å². The molecule has 0 aliphatic heterocycles. The monoisotopic (exact) mass is 106 g/mol. The van der Waals surface area contributed by atoms with E-state index in [2.05, 4.69) is 11.1 Å². The Morgan fingerprint density at radius 2 is 2.50 bits per heavy atom. The molecule has 0 saturated heterocycles. The van der Waals surface area contributed by atoms with Crippen LogP contribution in [0.5, 0.6) is 0 Å². The van der Waals surface area contributed by atoms with Gasteiger partial charge in [-0.05, 0) is 0 Å². The number of nitrogens with zero attached hydrogens (tertiary/aromatic N) is 2. The molecule has 0 radical (unpaired) electrons. The lowest BCUT2D eigenvalue weighted by Crippen LogP contribution is -1.79. The molecule has 0 amide bonds. The highest BCUT2D eigenvalue weighted by molar-refractivity contribution is 5.60. The van der Waals surface area contributed by atoms with Gasteiger partial charge in [0.25, 0.3) is 0 Å². The van der Waals surface area contributed by atoms with Crippen LogP contribution in [0.1, 0.15) is 6.42 Å². The molecule has 1 aliphatic rings. The number of hydrogen-bond acceptors (Lipinski definition) is 1. The third kappa shape index (κ3) is 0.461. The van der Waals surface area contributed by atoms with Crippen molar-refractivity contribution in [3.63, 3.8) is 0 Å². The minimum atomic E-state index is 1.14. The van der Waals surface area contributed by atoms with Gasteiger partial charge in [-0.2, -0.15) is 0 Å². The fourth-order valence-corrected chi connectivity index (χ4v) is 0.685. The number of allylic oxidation sites excluding steroid dienone is 2. The first kappa shape index (κ1) is 3.89. The maximum Gasteiger partial charge on any atom is 0.0989 e. The Morgan fingerprint density at radius 3 is 3.00 bits per heavy atom. The van der Waals surface area contributed by atoms with Gasteiger partial charge in [0.1, 0.15) is 0 Å². The van der Waals surface area contributed by atoms with Crippen molar-refractivity contribution in [2.24, 2.45) is 0 Å². The van der Waals surface area contributed by atoms with Gasteiger partial charge >= 0.3 is 0 Å². The summed E-state index contributed by atoms with van der Waals surface area (Å²) in [6.45, 7) is 0. The number of imidazole rings is 1. The van der Waals surface area contributed by atoms with Gasteiger partial charge in [-0.1, -0.05) is 6.08 Å². The van der Waals surface area contributed by atoms with Gasteiger partial charge < -0.3 is 4.57 Å². The molecule has 1 aromatic heterocycles. The molecule has 0 N–H and O–H groups in total. The van der Waals surface area contributed by atoms with Crippen molar-refractivity contribution in [3.05, 3.63) is 24.8 Å². The minimum absolute atomic E-state index is 1.14. The van der Waals surface area contributed by atoms with Crippen molar-refractivity contribution < 1.29 is 0 Å². The highest BCUT2D eigenvalue weighted by Crippen LogP contribution is 2.22. The maximum absolute atomic E-state index is 3.91. The summed E-state index contributed by atoms with van der Waals surface area (Å²) in [4.78, 5) is 3.91. The van der Waals surface area contributed by atoms with Crippen molar-refractivity contribution in [2.75, 3.05) is 0 Å². The van der Waals surface area contributed by atoms with Gasteiger partial charge in [0.2, 0.25) is 0 Å². The van der Waals surface area contributed by atoms with Crippen LogP contribution in [-0.4, -0.2) is 9.55 Å². The quantitative estimate of drug-likeness (QED) is 0.524. The zero-order chi connectivity index (χ0) is 5.40. The smallest absolute Gasteiger partial charge is 0.0989 e. The van der Waals surface area contributed by atoms with Crippen molar-refractivity contribution in [2.45, 2.75) is 6.42 Å². The summed E-state index contributed by atoms with van der Waals surface area (Å²) >= 11 is 0. The van der Waals surface area contributed by atoms with Gasteiger partial charge in [-0.25, -0.2) is 4.98 Å². The summed E-state index contributed by atoms with van der Waals surface area (Å²) in [6.07, 6.45) is 8.87. The topological polar surface area (TPSA) is 17.8 Å². The molecule has 0 fully saturated rings. The molecule has 0 spiro atoms. The van der Waals surface area contributed by atoms with E-state index in [0.717, 1.165) is 6.42 Å². The van der Waals surface area contributed by atoms with Gasteiger partial charge in [0.05, 0.1) is 6.33 Å². The molecule has 1 heterocycles. The Kier molecular flexibility index (Phi) is 0.592. The molecule has 40 valence electrons. The molecular formula is C6H6N2. The number of rotatable bonds is 1. The van der Waals surface area contributed by atoms with Gasteiger partial charge in [0, 0.05) is 24.5 Å². The molecule has 8 heavy (non-hydrogen) atoms. The van der Waals surface area contributed by atoms with E-state index in [4.69, 9.17) is 0 Å². The summed E-state index contributed by atoms with van der Waals surface area (Å²) in [5, 5.41) is 0. The molecule has 2 rings (SSSR count). The van der Waals surface area contributed by atoms with E-state index in [1.807, 2.05) is 17.1 Å². The standard InChI is InChI=1S/C6H6N2/c1-2-6(1)8-4-3-7-5-8/h1,3-5H,2H2. The fraction of sp³-hybridized carbons (Fsp3) is 0.167. The van der Waals surface area contributed by atoms with Gasteiger partial charge in [0.15, 0.2) is 0 Å². The Morgan fingerprint density at radius 1 is 1.62 bits per heavy atom. The average Bonchev–Trinajstić information content (AvgIpc) is 2.49. The Hall–Kier alpha value is -1.05. The fourth-order valence-electron chi connectivity index (χ4n) is 0.685. The summed E-state index contributed by atoms with van der Waals surface area (Å²) < 4.78 is 2.03. The second-order valence-electron chi connectivity index (χ2n) is 1.87. The molecule has 1 aliphatic carbocycles. The lowest BCUT2D eigenvalue weighted by molar-refractivity contribution is 1.10. The first-order valence-electron chi connectivity index (χ1n) is 2.64. The zero-order valence-electron chi connectivity index (χ0n) is 4.41. The van der Waals surface area contributed by atoms with Gasteiger partial charge in [-0.15, -0.1) is 0 Å². The van der Waals surface area contributed by atoms with Crippen LogP contribution in [0.15, 0.2) is 24.8 Å². The van der Waals surface area contributed by atoms with Crippen LogP contribution in [0.3, 0.4) is 0 Å². The molecular weight excluding hydrogens is 100 g/mol. The minimum Gasteiger partial charge on any atom is -0.310 e. The predicted molar refractivity (Wildman–Crippen MR) is 31.1 cm³/mol. The largest absolute Gasteiger partial charge is 0.310 e. The van der Waals surface area contributed by atoms with Crippen LogP contribution in [0, 0.1) is 0 Å². The lowest BCUT2D eigenvalue weighted by atomic mass is 10.7. The van der Waals surface area contributed by atoms with Crippen molar-refractivity contribution in [1.29, 1.82) is 0 Å². The summed E-state index contributed by atoms with van der Waals surface area (Å²) in [6, 6.07) is 0. The van der Waals surface area contributed by atoms with E-state index < -0.39 is 0 Å².